The summed E-state index contributed by atoms with van der Waals surface area (Å²) in [6, 6.07) is -0.0275. The van der Waals surface area contributed by atoms with Crippen molar-refractivity contribution in [1.29, 1.82) is 0 Å². The van der Waals surface area contributed by atoms with Crippen LogP contribution in [0.2, 0.25) is 0 Å². The first-order chi connectivity index (χ1) is 10.8. The molecule has 0 aliphatic carbocycles. The molecule has 2 heterocycles. The number of nitrogens with zero attached hydrogens (tertiary/aromatic N) is 3. The van der Waals surface area contributed by atoms with E-state index in [4.69, 9.17) is 4.74 Å². The van der Waals surface area contributed by atoms with Crippen LogP contribution in [0, 0.1) is 11.8 Å². The van der Waals surface area contributed by atoms with Crippen LogP contribution in [0.25, 0.3) is 0 Å². The molecule has 0 unspecified atom stereocenters. The zero-order valence-electron chi connectivity index (χ0n) is 14.4. The van der Waals surface area contributed by atoms with Crippen LogP contribution < -0.4 is 4.72 Å². The third-order valence-electron chi connectivity index (χ3n) is 4.38. The lowest BCUT2D eigenvalue weighted by Gasteiger charge is -2.21. The Hall–Kier alpha value is -0.960. The van der Waals surface area contributed by atoms with Crippen LogP contribution in [0.1, 0.15) is 19.5 Å². The fourth-order valence-electron chi connectivity index (χ4n) is 3.22. The molecule has 0 spiro atoms. The molecular formula is C15H28N4O3S. The Morgan fingerprint density at radius 1 is 1.43 bits per heavy atom. The second kappa shape index (κ2) is 7.74. The van der Waals surface area contributed by atoms with Crippen molar-refractivity contribution in [3.05, 3.63) is 18.2 Å². The highest BCUT2D eigenvalue weighted by Gasteiger charge is 2.36. The van der Waals surface area contributed by atoms with Gasteiger partial charge in [-0.15, -0.1) is 0 Å². The van der Waals surface area contributed by atoms with Crippen LogP contribution in [0.15, 0.2) is 12.5 Å². The Kier molecular flexibility index (Phi) is 6.19. The number of likely N-dealkylation sites (tertiary alicyclic amines) is 1. The molecule has 0 bridgehead atoms. The summed E-state index contributed by atoms with van der Waals surface area (Å²) >= 11 is 0. The van der Waals surface area contributed by atoms with Gasteiger partial charge in [-0.2, -0.15) is 0 Å². The van der Waals surface area contributed by atoms with Gasteiger partial charge in [0.2, 0.25) is 10.0 Å². The molecule has 132 valence electrons. The molecular weight excluding hydrogens is 316 g/mol. The highest BCUT2D eigenvalue weighted by molar-refractivity contribution is 7.88. The number of hydrogen-bond acceptors (Lipinski definition) is 5. The summed E-state index contributed by atoms with van der Waals surface area (Å²) in [4.78, 5) is 6.52. The van der Waals surface area contributed by atoms with Crippen LogP contribution in [0.5, 0.6) is 0 Å². The molecule has 0 amide bonds. The molecule has 7 nitrogen and oxygen atoms in total. The molecule has 2 atom stereocenters. The molecule has 23 heavy (non-hydrogen) atoms. The highest BCUT2D eigenvalue weighted by atomic mass is 32.2. The van der Waals surface area contributed by atoms with Gasteiger partial charge in [0.15, 0.2) is 0 Å². The van der Waals surface area contributed by atoms with Gasteiger partial charge in [-0.05, 0) is 11.8 Å². The van der Waals surface area contributed by atoms with Crippen molar-refractivity contribution in [2.75, 3.05) is 33.1 Å². The first kappa shape index (κ1) is 18.4. The van der Waals surface area contributed by atoms with Gasteiger partial charge in [0, 0.05) is 45.5 Å². The molecule has 1 aromatic rings. The molecule has 8 heteroatoms. The largest absolute Gasteiger partial charge is 0.383 e. The highest BCUT2D eigenvalue weighted by Crippen LogP contribution is 2.26. The van der Waals surface area contributed by atoms with Crippen molar-refractivity contribution in [2.24, 2.45) is 11.8 Å². The van der Waals surface area contributed by atoms with Crippen molar-refractivity contribution in [2.45, 2.75) is 33.0 Å². The Morgan fingerprint density at radius 2 is 2.17 bits per heavy atom. The number of ether oxygens (including phenoxy) is 1. The van der Waals surface area contributed by atoms with E-state index in [9.17, 15) is 8.42 Å². The minimum Gasteiger partial charge on any atom is -0.383 e. The van der Waals surface area contributed by atoms with Gasteiger partial charge in [0.25, 0.3) is 0 Å². The molecule has 1 aliphatic heterocycles. The first-order valence-electron chi connectivity index (χ1n) is 7.97. The number of imidazole rings is 1. The average molecular weight is 344 g/mol. The van der Waals surface area contributed by atoms with E-state index in [-0.39, 0.29) is 6.04 Å². The maximum absolute atomic E-state index is 11.6. The van der Waals surface area contributed by atoms with Gasteiger partial charge in [-0.25, -0.2) is 18.1 Å². The van der Waals surface area contributed by atoms with Crippen molar-refractivity contribution >= 4 is 10.0 Å². The number of sulfonamides is 1. The van der Waals surface area contributed by atoms with E-state index in [0.29, 0.717) is 18.4 Å². The molecule has 1 aromatic heterocycles. The van der Waals surface area contributed by atoms with Crippen molar-refractivity contribution < 1.29 is 13.2 Å². The average Bonchev–Trinajstić information content (AvgIpc) is 3.02. The Labute approximate surface area is 139 Å². The molecule has 1 N–H and O–H groups in total. The lowest BCUT2D eigenvalue weighted by molar-refractivity contribution is 0.185. The Morgan fingerprint density at radius 3 is 2.78 bits per heavy atom. The van der Waals surface area contributed by atoms with Crippen molar-refractivity contribution in [1.82, 2.24) is 19.2 Å². The summed E-state index contributed by atoms with van der Waals surface area (Å²) in [7, 11) is -1.50. The van der Waals surface area contributed by atoms with Gasteiger partial charge in [0.05, 0.1) is 24.9 Å². The lowest BCUT2D eigenvalue weighted by Crippen LogP contribution is -2.41. The SMILES string of the molecule is COCCn1cncc1CN1C[C@@H](NS(C)(=O)=O)[C@H](C(C)C)C1. The number of methoxy groups -OCH3 is 1. The summed E-state index contributed by atoms with van der Waals surface area (Å²) in [6.45, 7) is 8.11. The van der Waals surface area contributed by atoms with Crippen LogP contribution >= 0.6 is 0 Å². The van der Waals surface area contributed by atoms with Crippen molar-refractivity contribution in [3.8, 4) is 0 Å². The Bertz CT molecular complexity index is 600. The van der Waals surface area contributed by atoms with Gasteiger partial charge in [-0.1, -0.05) is 13.8 Å². The monoisotopic (exact) mass is 344 g/mol. The molecule has 0 aromatic carbocycles. The van der Waals surface area contributed by atoms with Gasteiger partial charge in [-0.3, -0.25) is 4.90 Å². The molecule has 1 saturated heterocycles. The normalized spacial score (nSPS) is 23.0. The van der Waals surface area contributed by atoms with E-state index in [1.807, 2.05) is 12.5 Å². The van der Waals surface area contributed by atoms with Crippen molar-refractivity contribution in [3.63, 3.8) is 0 Å². The molecule has 2 rings (SSSR count). The first-order valence-corrected chi connectivity index (χ1v) is 9.87. The van der Waals surface area contributed by atoms with E-state index in [0.717, 1.165) is 31.9 Å². The van der Waals surface area contributed by atoms with E-state index in [2.05, 4.69) is 33.0 Å². The van der Waals surface area contributed by atoms with Gasteiger partial charge in [0.1, 0.15) is 0 Å². The van der Waals surface area contributed by atoms with E-state index in [1.54, 1.807) is 7.11 Å². The Balaban J connectivity index is 2.03. The van der Waals surface area contributed by atoms with E-state index in [1.165, 1.54) is 6.26 Å². The topological polar surface area (TPSA) is 76.5 Å². The molecule has 1 fully saturated rings. The number of hydrogen-bond donors (Lipinski definition) is 1. The van der Waals surface area contributed by atoms with Gasteiger partial charge >= 0.3 is 0 Å². The molecule has 1 aliphatic rings. The zero-order chi connectivity index (χ0) is 17.0. The predicted octanol–water partition coefficient (Wildman–Crippen LogP) is 0.535. The van der Waals surface area contributed by atoms with Crippen LogP contribution in [-0.2, 0) is 27.8 Å². The van der Waals surface area contributed by atoms with E-state index >= 15 is 0 Å². The summed E-state index contributed by atoms with van der Waals surface area (Å²) in [5, 5.41) is 0. The number of rotatable bonds is 8. The molecule has 0 saturated carbocycles. The molecule has 0 radical (unpaired) electrons. The van der Waals surface area contributed by atoms with Gasteiger partial charge < -0.3 is 9.30 Å². The smallest absolute Gasteiger partial charge is 0.209 e. The van der Waals surface area contributed by atoms with E-state index < -0.39 is 10.0 Å². The fourth-order valence-corrected chi connectivity index (χ4v) is 4.02. The summed E-state index contributed by atoms with van der Waals surface area (Å²) in [5.74, 6) is 0.748. The second-order valence-electron chi connectivity index (χ2n) is 6.67. The quantitative estimate of drug-likeness (QED) is 0.745. The fraction of sp³-hybridized carbons (Fsp3) is 0.800. The minimum atomic E-state index is -3.19. The zero-order valence-corrected chi connectivity index (χ0v) is 15.2. The predicted molar refractivity (Wildman–Crippen MR) is 89.5 cm³/mol. The maximum atomic E-state index is 11.6. The lowest BCUT2D eigenvalue weighted by atomic mass is 9.92. The third-order valence-corrected chi connectivity index (χ3v) is 5.11. The second-order valence-corrected chi connectivity index (χ2v) is 8.45. The summed E-state index contributed by atoms with van der Waals surface area (Å²) < 4.78 is 33.2. The standard InChI is InChI=1S/C15H28N4O3S/c1-12(2)14-9-18(10-15(14)17-23(4,20)21)8-13-7-16-11-19(13)5-6-22-3/h7,11-12,14-15,17H,5-6,8-10H2,1-4H3/t14-,15+/m0/s1. The maximum Gasteiger partial charge on any atom is 0.209 e. The van der Waals surface area contributed by atoms with Crippen LogP contribution in [0.4, 0.5) is 0 Å². The van der Waals surface area contributed by atoms with Crippen LogP contribution in [0.3, 0.4) is 0 Å². The summed E-state index contributed by atoms with van der Waals surface area (Å²) in [6.07, 6.45) is 4.92. The minimum absolute atomic E-state index is 0.0275. The number of aromatic nitrogens is 2. The summed E-state index contributed by atoms with van der Waals surface area (Å²) in [5.41, 5.74) is 1.13. The number of nitrogens with one attached hydrogen (secondary N) is 1. The third kappa shape index (κ3) is 5.27. The van der Waals surface area contributed by atoms with Crippen LogP contribution in [-0.4, -0.2) is 62.0 Å².